The lowest BCUT2D eigenvalue weighted by Gasteiger charge is -2.38. The van der Waals surface area contributed by atoms with E-state index in [0.717, 1.165) is 63.2 Å². The van der Waals surface area contributed by atoms with Crippen LogP contribution in [0.15, 0.2) is 102 Å². The fourth-order valence-electron chi connectivity index (χ4n) is 15.1. The Morgan fingerprint density at radius 2 is 0.670 bits per heavy atom. The lowest BCUT2D eigenvalue weighted by molar-refractivity contribution is 0.103. The predicted octanol–water partition coefficient (Wildman–Crippen LogP) is 28.8. The molecule has 0 aromatic heterocycles. The molecule has 0 aliphatic carbocycles. The lowest BCUT2D eigenvalue weighted by atomic mass is 9.90. The molecule has 0 saturated carbocycles. The third-order valence-electron chi connectivity index (χ3n) is 21.7. The van der Waals surface area contributed by atoms with E-state index in [-0.39, 0.29) is 0 Å². The molecule has 0 bridgehead atoms. The number of hydrogen-bond acceptors (Lipinski definition) is 5. The van der Waals surface area contributed by atoms with Crippen LogP contribution in [0, 0.1) is 5.92 Å². The van der Waals surface area contributed by atoms with Gasteiger partial charge >= 0.3 is 0 Å². The molecule has 5 nitrogen and oxygen atoms in total. The van der Waals surface area contributed by atoms with Gasteiger partial charge in [0.1, 0.15) is 6.17 Å². The van der Waals surface area contributed by atoms with Gasteiger partial charge in [-0.25, -0.2) is 0 Å². The maximum atomic E-state index is 5.36. The van der Waals surface area contributed by atoms with Gasteiger partial charge in [0.05, 0.1) is 6.17 Å². The van der Waals surface area contributed by atoms with Crippen molar-refractivity contribution in [2.24, 2.45) is 10.9 Å². The van der Waals surface area contributed by atoms with Crippen molar-refractivity contribution in [1.82, 2.24) is 20.0 Å². The van der Waals surface area contributed by atoms with E-state index in [9.17, 15) is 0 Å². The highest BCUT2D eigenvalue weighted by atomic mass is 15.4. The highest BCUT2D eigenvalue weighted by Gasteiger charge is 2.33. The van der Waals surface area contributed by atoms with E-state index >= 15 is 0 Å². The molecule has 1 N–H and O–H groups in total. The maximum absolute atomic E-state index is 5.36. The fraction of sp³-hybridized carbons (Fsp3) is 0.815. The van der Waals surface area contributed by atoms with Crippen LogP contribution in [0.5, 0.6) is 0 Å². The Morgan fingerprint density at radius 3 is 1.00 bits per heavy atom. The van der Waals surface area contributed by atoms with Crippen molar-refractivity contribution in [2.45, 2.75) is 438 Å². The summed E-state index contributed by atoms with van der Waals surface area (Å²) in [5, 5.41) is 3.99. The molecule has 0 amide bonds. The average molecular weight is 1350 g/mol. The summed E-state index contributed by atoms with van der Waals surface area (Å²) >= 11 is 0. The van der Waals surface area contributed by atoms with Crippen LogP contribution in [0.4, 0.5) is 0 Å². The zero-order valence-electron chi connectivity index (χ0n) is 66.5. The number of rotatable bonds is 72. The molecule has 2 rings (SSSR count). The van der Waals surface area contributed by atoms with E-state index in [1.807, 2.05) is 0 Å². The fourth-order valence-corrected chi connectivity index (χ4v) is 15.1. The summed E-state index contributed by atoms with van der Waals surface area (Å²) in [5.74, 6) is 0.834. The van der Waals surface area contributed by atoms with Crippen LogP contribution in [0.1, 0.15) is 413 Å². The number of piperidine rings is 1. The molecule has 0 aromatic carbocycles. The van der Waals surface area contributed by atoms with Crippen molar-refractivity contribution in [1.29, 1.82) is 0 Å². The molecule has 5 heteroatoms. The van der Waals surface area contributed by atoms with Crippen molar-refractivity contribution < 1.29 is 0 Å². The first-order valence-corrected chi connectivity index (χ1v) is 43.6. The van der Waals surface area contributed by atoms with Gasteiger partial charge in [0.2, 0.25) is 0 Å². The average Bonchev–Trinajstić information content (AvgIpc) is 1.72. The second kappa shape index (κ2) is 71.8. The van der Waals surface area contributed by atoms with E-state index in [1.54, 1.807) is 0 Å². The van der Waals surface area contributed by atoms with Gasteiger partial charge in [-0.1, -0.05) is 318 Å². The Bertz CT molecular complexity index is 1820. The molecular formula is C92H169N5. The van der Waals surface area contributed by atoms with Gasteiger partial charge in [-0.2, -0.15) is 0 Å². The molecular weight excluding hydrogens is 1180 g/mol. The zero-order chi connectivity index (χ0) is 69.5. The first-order chi connectivity index (χ1) is 47.9. The van der Waals surface area contributed by atoms with Gasteiger partial charge in [-0.3, -0.25) is 9.89 Å². The molecule has 2 aliphatic rings. The Balaban J connectivity index is 1.80. The van der Waals surface area contributed by atoms with Crippen molar-refractivity contribution in [2.75, 3.05) is 40.3 Å². The van der Waals surface area contributed by atoms with Crippen LogP contribution in [0.2, 0.25) is 0 Å². The normalized spacial score (nSPS) is 17.5. The smallest absolute Gasteiger partial charge is 0.101 e. The second-order valence-corrected chi connectivity index (χ2v) is 30.7. The van der Waals surface area contributed by atoms with Crippen molar-refractivity contribution in [3.8, 4) is 0 Å². The standard InChI is InChI=1S/C92H169N5/c1-8-12-16-20-24-28-32-36-40-44-48-52-56-60-64-68-77-90(78-69-65-61-57-53-49-45-41-37-33-29-25-21-17-13-9-2)95(6)83-73-72-75-88-81-82-93-92(85-88)97-86-89(94-87(97)5)76-74-84-96(7)91(79-70-66-62-58-54-50-46-42-38-34-30-26-22-18-14-10-3)80-71-67-63-59-55-51-47-43-39-35-31-27-23-19-15-11-4/h24-31,36-43,87-88,90-93H,8-23,32-35,44-86H2,1-7H3. The van der Waals surface area contributed by atoms with Crippen LogP contribution in [-0.4, -0.2) is 85.1 Å². The minimum Gasteiger partial charge on any atom is -0.303 e. The molecule has 3 unspecified atom stereocenters. The van der Waals surface area contributed by atoms with Crippen molar-refractivity contribution in [3.05, 3.63) is 97.2 Å². The largest absolute Gasteiger partial charge is 0.303 e. The molecule has 2 aliphatic heterocycles. The quantitative estimate of drug-likeness (QED) is 0.0486. The number of allylic oxidation sites excluding steroid dienone is 16. The summed E-state index contributed by atoms with van der Waals surface area (Å²) in [6.45, 7) is 16.2. The maximum Gasteiger partial charge on any atom is 0.101 e. The summed E-state index contributed by atoms with van der Waals surface area (Å²) in [5.41, 5.74) is 1.46. The van der Waals surface area contributed by atoms with E-state index in [4.69, 9.17) is 4.99 Å². The lowest BCUT2D eigenvalue weighted by Crippen LogP contribution is -2.52. The van der Waals surface area contributed by atoms with Gasteiger partial charge in [-0.05, 0) is 233 Å². The van der Waals surface area contributed by atoms with Crippen molar-refractivity contribution >= 4 is 5.71 Å². The molecule has 562 valence electrons. The minimum absolute atomic E-state index is 0.296. The highest BCUT2D eigenvalue weighted by molar-refractivity contribution is 5.88. The molecule has 97 heavy (non-hydrogen) atoms. The molecule has 1 fully saturated rings. The van der Waals surface area contributed by atoms with E-state index in [0.29, 0.717) is 12.3 Å². The third kappa shape index (κ3) is 57.6. The van der Waals surface area contributed by atoms with E-state index < -0.39 is 0 Å². The van der Waals surface area contributed by atoms with Gasteiger partial charge in [0, 0.05) is 24.3 Å². The van der Waals surface area contributed by atoms with Gasteiger partial charge in [-0.15, -0.1) is 0 Å². The van der Waals surface area contributed by atoms with Gasteiger partial charge in [0.15, 0.2) is 0 Å². The number of nitrogens with zero attached hydrogens (tertiary/aromatic N) is 4. The Kier molecular flexibility index (Phi) is 67.0. The molecule has 2 heterocycles. The summed E-state index contributed by atoms with van der Waals surface area (Å²) in [6.07, 6.45) is 118. The number of aliphatic imine (C=N–C) groups is 1. The van der Waals surface area contributed by atoms with E-state index in [2.05, 4.69) is 166 Å². The van der Waals surface area contributed by atoms with Crippen LogP contribution < -0.4 is 5.32 Å². The molecule has 0 aromatic rings. The molecule has 0 radical (unpaired) electrons. The molecule has 3 atom stereocenters. The van der Waals surface area contributed by atoms with E-state index in [1.165, 1.54) is 366 Å². The summed E-state index contributed by atoms with van der Waals surface area (Å²) in [7, 11) is 4.95. The minimum atomic E-state index is 0.296. The van der Waals surface area contributed by atoms with Gasteiger partial charge < -0.3 is 15.1 Å². The SMILES string of the molecule is CCCCCC=CCC=CCCCCCCCCC(CCCCCCCCC=CCC=CCCCCC)N(C)CCCCC1CCNC(N2CC(CCCN(C)C(CCCCCCCCC=CCC=CCCCCC)CCCCCCCCC=CCC=CCCCCC)=NC2C)C1. The second-order valence-electron chi connectivity index (χ2n) is 30.7. The summed E-state index contributed by atoms with van der Waals surface area (Å²) in [6, 6.07) is 1.48. The Morgan fingerprint density at radius 1 is 0.371 bits per heavy atom. The number of hydrogen-bond donors (Lipinski definition) is 1. The Hall–Kier alpha value is -2.57. The molecule has 0 spiro atoms. The predicted molar refractivity (Wildman–Crippen MR) is 440 cm³/mol. The van der Waals surface area contributed by atoms with Crippen LogP contribution >= 0.6 is 0 Å². The number of unbranched alkanes of at least 4 members (excludes halogenated alkanes) is 37. The summed E-state index contributed by atoms with van der Waals surface area (Å²) in [4.78, 5) is 13.7. The topological polar surface area (TPSA) is 34.1 Å². The van der Waals surface area contributed by atoms with Crippen LogP contribution in [0.3, 0.4) is 0 Å². The first kappa shape index (κ1) is 90.5. The molecule has 1 saturated heterocycles. The Labute approximate surface area is 608 Å². The first-order valence-electron chi connectivity index (χ1n) is 43.6. The monoisotopic (exact) mass is 1340 g/mol. The van der Waals surface area contributed by atoms with Crippen molar-refractivity contribution in [3.63, 3.8) is 0 Å². The summed E-state index contributed by atoms with van der Waals surface area (Å²) < 4.78 is 0. The number of nitrogens with one attached hydrogen (secondary N) is 1. The van der Waals surface area contributed by atoms with Crippen LogP contribution in [0.25, 0.3) is 0 Å². The zero-order valence-corrected chi connectivity index (χ0v) is 66.5. The highest BCUT2D eigenvalue weighted by Crippen LogP contribution is 2.29. The van der Waals surface area contributed by atoms with Gasteiger partial charge in [0.25, 0.3) is 0 Å². The third-order valence-corrected chi connectivity index (χ3v) is 21.7. The van der Waals surface area contributed by atoms with Crippen LogP contribution in [-0.2, 0) is 0 Å².